The van der Waals surface area contributed by atoms with Crippen molar-refractivity contribution in [2.24, 2.45) is 0 Å². The van der Waals surface area contributed by atoms with Crippen LogP contribution in [0.5, 0.6) is 86.2 Å². The Morgan fingerprint density at radius 2 is 0.661 bits per heavy atom. The van der Waals surface area contributed by atoms with Gasteiger partial charge in [-0.1, -0.05) is 18.2 Å². The average molecular weight is 1630 g/mol. The van der Waals surface area contributed by atoms with Crippen LogP contribution < -0.4 is 71.1 Å². The van der Waals surface area contributed by atoms with Gasteiger partial charge in [0.05, 0.1) is 79.2 Å². The van der Waals surface area contributed by atoms with Gasteiger partial charge >= 0.3 is 17.9 Å². The molecule has 9 aromatic carbocycles. The van der Waals surface area contributed by atoms with Crippen LogP contribution in [-0.4, -0.2) is 214 Å². The van der Waals surface area contributed by atoms with Crippen LogP contribution in [0.2, 0.25) is 0 Å². The number of fused-ring (bicyclic) bond motifs is 11. The molecule has 33 nitrogen and oxygen atoms in total. The lowest BCUT2D eigenvalue weighted by atomic mass is 9.89. The topological polar surface area (TPSA) is 372 Å². The van der Waals surface area contributed by atoms with Gasteiger partial charge in [0.15, 0.2) is 80.6 Å². The third-order valence-corrected chi connectivity index (χ3v) is 22.2. The van der Waals surface area contributed by atoms with Crippen molar-refractivity contribution in [1.29, 1.82) is 0 Å². The predicted molar refractivity (Wildman–Crippen MR) is 407 cm³/mol. The van der Waals surface area contributed by atoms with E-state index in [1.54, 1.807) is 77.6 Å². The first-order chi connectivity index (χ1) is 57.0. The van der Waals surface area contributed by atoms with Gasteiger partial charge in [-0.05, 0) is 133 Å². The minimum Gasteiger partial charge on any atom is -0.493 e. The molecule has 620 valence electrons. The van der Waals surface area contributed by atoms with Gasteiger partial charge in [0.1, 0.15) is 92.0 Å². The Balaban J connectivity index is 0.000000122. The number of carbonyl (C=O) groups is 3. The van der Waals surface area contributed by atoms with E-state index in [2.05, 4.69) is 0 Å². The van der Waals surface area contributed by atoms with Gasteiger partial charge in [-0.15, -0.1) is 0 Å². The monoisotopic (exact) mass is 1630 g/mol. The maximum atomic E-state index is 13.3. The van der Waals surface area contributed by atoms with Crippen LogP contribution in [0.15, 0.2) is 91.0 Å². The fourth-order valence-electron chi connectivity index (χ4n) is 16.8. The van der Waals surface area contributed by atoms with E-state index in [1.807, 2.05) is 62.4 Å². The van der Waals surface area contributed by atoms with E-state index >= 15 is 0 Å². The molecule has 5 saturated heterocycles. The van der Waals surface area contributed by atoms with Gasteiger partial charge in [0.25, 0.3) is 0 Å². The quantitative estimate of drug-likeness (QED) is 0.0516. The number of cyclic esters (lactones) is 3. The Kier molecular flexibility index (Phi) is 20.2. The van der Waals surface area contributed by atoms with E-state index in [4.69, 9.17) is 123 Å². The Morgan fingerprint density at radius 1 is 0.339 bits per heavy atom. The Bertz CT molecular complexity index is 5540. The van der Waals surface area contributed by atoms with Crippen molar-refractivity contribution in [2.75, 3.05) is 90.0 Å². The second kappa shape index (κ2) is 30.6. The van der Waals surface area contributed by atoms with Crippen molar-refractivity contribution in [1.82, 2.24) is 0 Å². The van der Waals surface area contributed by atoms with E-state index < -0.39 is 97.2 Å². The second-order valence-corrected chi connectivity index (χ2v) is 29.8. The molecule has 20 rings (SSSR count). The van der Waals surface area contributed by atoms with Crippen molar-refractivity contribution in [2.45, 2.75) is 133 Å². The highest BCUT2D eigenvalue weighted by Crippen LogP contribution is 2.55. The first-order valence-corrected chi connectivity index (χ1v) is 37.8. The smallest absolute Gasteiger partial charge is 0.339 e. The molecule has 0 spiro atoms. The van der Waals surface area contributed by atoms with Crippen molar-refractivity contribution >= 4 is 50.2 Å². The zero-order valence-corrected chi connectivity index (χ0v) is 65.6. The number of aliphatic hydroxyl groups is 4. The molecule has 118 heavy (non-hydrogen) atoms. The van der Waals surface area contributed by atoms with E-state index in [9.17, 15) is 34.8 Å². The number of aliphatic hydroxyl groups excluding tert-OH is 4. The molecule has 0 aliphatic carbocycles. The van der Waals surface area contributed by atoms with Gasteiger partial charge < -0.3 is 144 Å². The van der Waals surface area contributed by atoms with Crippen LogP contribution in [0.1, 0.15) is 75.5 Å². The molecule has 0 saturated carbocycles. The number of hydrogen-bond donors (Lipinski definition) is 4. The third kappa shape index (κ3) is 13.4. The van der Waals surface area contributed by atoms with Crippen LogP contribution in [0, 0.1) is 0 Å². The van der Waals surface area contributed by atoms with Gasteiger partial charge in [-0.3, -0.25) is 0 Å². The first-order valence-electron chi connectivity index (χ1n) is 37.8. The van der Waals surface area contributed by atoms with Crippen LogP contribution in [0.4, 0.5) is 0 Å². The number of methoxy groups -OCH3 is 7. The van der Waals surface area contributed by atoms with Crippen molar-refractivity contribution in [3.63, 3.8) is 0 Å². The summed E-state index contributed by atoms with van der Waals surface area (Å²) in [4.78, 5) is 39.6. The number of esters is 3. The number of ether oxygens (including phenoxy) is 26. The lowest BCUT2D eigenvalue weighted by Gasteiger charge is -2.37. The molecule has 0 radical (unpaired) electrons. The zero-order chi connectivity index (χ0) is 82.1. The molecule has 4 N–H and O–H groups in total. The second-order valence-electron chi connectivity index (χ2n) is 29.8. The molecule has 11 aliphatic heterocycles. The molecular weight excluding hydrogens is 1550 g/mol. The molecule has 11 heterocycles. The molecule has 33 heteroatoms. The third-order valence-electron chi connectivity index (χ3n) is 22.2. The predicted octanol–water partition coefficient (Wildman–Crippen LogP) is 9.47. The van der Waals surface area contributed by atoms with Gasteiger partial charge in [0, 0.05) is 56.6 Å². The number of benzene rings is 9. The highest BCUT2D eigenvalue weighted by Gasteiger charge is 2.55. The minimum absolute atomic E-state index is 0.0210. The SMILES string of the molecule is COc1cc2c(OC3OCC(O)C(O)C3O)c3c(c(-c4ccc5c(c4)OCO5)c2cc1OC)C(=O)OC3.COc1cc2c(OC3OCC4OC(C)(C)OC4C3O)c3c(c(-c4ccc5c(c4)OCO5)c2cc1OC)C(=O)OC3.COc1cc2c(OC3OCC4OC(C)(C)OC4C3OC)c3c(c(-c4ccc5c(c4)OCO5)c2cc1OC)C(=O)OC3. The van der Waals surface area contributed by atoms with Crippen LogP contribution in [-0.2, 0) is 71.9 Å². The van der Waals surface area contributed by atoms with Gasteiger partial charge in [-0.25, -0.2) is 14.4 Å². The van der Waals surface area contributed by atoms with E-state index in [-0.39, 0.29) is 77.4 Å². The molecular formula is C85H82O33. The van der Waals surface area contributed by atoms with Crippen LogP contribution in [0.3, 0.4) is 0 Å². The molecule has 0 amide bonds. The standard InChI is InChI=1S/C30H30O11.C29H28O11.C26H24O11/c1-30(2)40-22-12-36-29(27(34-5)26(22)41-30)39-25-16-10-20(33-4)19(32-3)9-15(16)23(24-17(25)11-35-28(24)31)14-6-7-18-21(8-14)38-13-37-18;1-29(2)39-21-11-35-28(24(30)26(21)40-29)38-25-15-9-19(33-4)18(32-3)8-14(15)22(23-16(25)10-34-27(23)31)13-5-6-17-20(7-13)37-12-36-17;1-31-17-6-12-13(7-18(17)32-2)24(37-26-23(29)22(28)15(27)9-34-26)14-8-33-25(30)21(14)20(12)11-3-4-16-19(5-11)36-10-35-16/h6-10,22,26-27,29H,11-13H2,1-5H3;5-9,21,24,26,28,30H,10-12H2,1-4H3;3-7,15,22-23,26-29H,8-10H2,1-2H3. The van der Waals surface area contributed by atoms with E-state index in [0.717, 1.165) is 11.1 Å². The Labute approximate surface area is 672 Å². The maximum Gasteiger partial charge on any atom is 0.339 e. The lowest BCUT2D eigenvalue weighted by molar-refractivity contribution is -0.241. The van der Waals surface area contributed by atoms with Crippen LogP contribution >= 0.6 is 0 Å². The largest absolute Gasteiger partial charge is 0.493 e. The Hall–Kier alpha value is -11.3. The zero-order valence-electron chi connectivity index (χ0n) is 65.6. The summed E-state index contributed by atoms with van der Waals surface area (Å²) in [6, 6.07) is 27.1. The minimum atomic E-state index is -1.54. The maximum absolute atomic E-state index is 13.3. The molecule has 12 unspecified atom stereocenters. The number of rotatable bonds is 16. The van der Waals surface area contributed by atoms with E-state index in [1.165, 1.54) is 28.4 Å². The van der Waals surface area contributed by atoms with Crippen molar-refractivity contribution in [3.8, 4) is 120 Å². The molecule has 9 aromatic rings. The van der Waals surface area contributed by atoms with Crippen LogP contribution in [0.25, 0.3) is 65.7 Å². The normalized spacial score (nSPS) is 25.2. The molecule has 12 atom stereocenters. The fourth-order valence-corrected chi connectivity index (χ4v) is 16.8. The summed E-state index contributed by atoms with van der Waals surface area (Å²) in [7, 11) is 10.8. The fraction of sp³-hybridized carbons (Fsp3) is 0.400. The van der Waals surface area contributed by atoms with Crippen molar-refractivity contribution < 1.29 is 158 Å². The lowest BCUT2D eigenvalue weighted by Crippen LogP contribution is -2.54. The number of carbonyl (C=O) groups excluding carboxylic acids is 3. The summed E-state index contributed by atoms with van der Waals surface area (Å²) >= 11 is 0. The molecule has 0 bridgehead atoms. The Morgan fingerprint density at radius 3 is 1.03 bits per heavy atom. The highest BCUT2D eigenvalue weighted by molar-refractivity contribution is 6.17. The van der Waals surface area contributed by atoms with Gasteiger partial charge in [-0.2, -0.15) is 0 Å². The van der Waals surface area contributed by atoms with E-state index in [0.29, 0.717) is 163 Å². The highest BCUT2D eigenvalue weighted by atomic mass is 16.8. The molecule has 5 fully saturated rings. The molecule has 11 aliphatic rings. The summed E-state index contributed by atoms with van der Waals surface area (Å²) in [5.41, 5.74) is 6.57. The molecule has 0 aromatic heterocycles. The summed E-state index contributed by atoms with van der Waals surface area (Å²) in [6.45, 7) is 7.71. The van der Waals surface area contributed by atoms with Gasteiger partial charge in [0.2, 0.25) is 39.2 Å². The summed E-state index contributed by atoms with van der Waals surface area (Å²) in [6.07, 6.45) is -11.1. The first kappa shape index (κ1) is 77.9. The summed E-state index contributed by atoms with van der Waals surface area (Å²) in [5, 5.41) is 45.5. The number of hydrogen-bond acceptors (Lipinski definition) is 33. The van der Waals surface area contributed by atoms with Crippen molar-refractivity contribution in [3.05, 3.63) is 124 Å². The summed E-state index contributed by atoms with van der Waals surface area (Å²) < 4.78 is 150. The average Bonchev–Trinajstić information content (AvgIpc) is 1.48. The summed E-state index contributed by atoms with van der Waals surface area (Å²) in [5.74, 6) is 4.10.